The first-order chi connectivity index (χ1) is 15.2. The number of hydrogen-bond acceptors (Lipinski definition) is 8. The molecule has 0 atom stereocenters. The fourth-order valence-corrected chi connectivity index (χ4v) is 4.38. The largest absolute Gasteiger partial charge is 0.462 e. The number of carbonyl (C=O) groups excluding carboxylic acids is 1. The summed E-state index contributed by atoms with van der Waals surface area (Å²) in [6.45, 7) is 0.868. The Hall–Kier alpha value is -3.85. The first kappa shape index (κ1) is 19.1. The molecule has 0 spiro atoms. The quantitative estimate of drug-likeness (QED) is 0.321. The molecule has 154 valence electrons. The van der Waals surface area contributed by atoms with Gasteiger partial charge in [0.25, 0.3) is 0 Å². The van der Waals surface area contributed by atoms with Crippen LogP contribution < -0.4 is 5.73 Å². The molecule has 3 heterocycles. The Kier molecular flexibility index (Phi) is 5.01. The zero-order valence-corrected chi connectivity index (χ0v) is 17.2. The highest BCUT2D eigenvalue weighted by Crippen LogP contribution is 2.32. The predicted molar refractivity (Wildman–Crippen MR) is 120 cm³/mol. The number of carbonyl (C=O) groups is 1. The number of aryl methyl sites for hydroxylation is 1. The molecular weight excluding hydrogens is 412 g/mol. The second-order valence-electron chi connectivity index (χ2n) is 6.89. The Morgan fingerprint density at radius 2 is 1.90 bits per heavy atom. The number of nitrogens with two attached hydrogens (primary N) is 1. The molecule has 31 heavy (non-hydrogen) atoms. The second-order valence-corrected chi connectivity index (χ2v) is 7.92. The third-order valence-corrected chi connectivity index (χ3v) is 5.95. The Bertz CT molecular complexity index is 1360. The lowest BCUT2D eigenvalue weighted by Crippen LogP contribution is -2.10. The molecule has 2 N–H and O–H groups in total. The molecule has 0 amide bonds. The maximum absolute atomic E-state index is 12.8. The first-order valence-corrected chi connectivity index (χ1v) is 10.6. The summed E-state index contributed by atoms with van der Waals surface area (Å²) in [7, 11) is 0. The maximum Gasteiger partial charge on any atom is 0.338 e. The number of ether oxygens (including phenoxy) is 1. The molecule has 0 unspecified atom stereocenters. The summed E-state index contributed by atoms with van der Waals surface area (Å²) in [5.41, 5.74) is 9.26. The molecule has 0 fully saturated rings. The zero-order chi connectivity index (χ0) is 21.2. The minimum absolute atomic E-state index is 0.271. The maximum atomic E-state index is 12.8. The highest BCUT2D eigenvalue weighted by Gasteiger charge is 2.17. The molecular formula is C22H18N6O2S. The van der Waals surface area contributed by atoms with Gasteiger partial charge >= 0.3 is 5.97 Å². The number of esters is 1. The number of nitrogens with zero attached hydrogens (tertiary/aromatic N) is 5. The number of benzene rings is 2. The minimum Gasteiger partial charge on any atom is -0.462 e. The molecule has 3 aromatic heterocycles. The lowest BCUT2D eigenvalue weighted by atomic mass is 10.1. The number of nitrogen functional groups attached to an aromatic ring is 1. The highest BCUT2D eigenvalue weighted by atomic mass is 32.1. The first-order valence-electron chi connectivity index (χ1n) is 9.74. The van der Waals surface area contributed by atoms with Crippen molar-refractivity contribution in [3.8, 4) is 10.6 Å². The van der Waals surface area contributed by atoms with Gasteiger partial charge < -0.3 is 15.0 Å². The SMILES string of the molecule is Nc1ncnc2c1ncn2CCCOC(=O)c1ccccc1-c1nc2ccccc2s1. The van der Waals surface area contributed by atoms with E-state index in [1.807, 2.05) is 47.0 Å². The van der Waals surface area contributed by atoms with Crippen LogP contribution in [0.3, 0.4) is 0 Å². The van der Waals surface area contributed by atoms with Gasteiger partial charge in [-0.25, -0.2) is 24.7 Å². The van der Waals surface area contributed by atoms with Gasteiger partial charge in [-0.2, -0.15) is 0 Å². The van der Waals surface area contributed by atoms with Crippen molar-refractivity contribution in [2.75, 3.05) is 12.3 Å². The average molecular weight is 430 g/mol. The van der Waals surface area contributed by atoms with E-state index in [0.29, 0.717) is 35.5 Å². The Morgan fingerprint density at radius 1 is 1.06 bits per heavy atom. The van der Waals surface area contributed by atoms with E-state index in [4.69, 9.17) is 10.5 Å². The van der Waals surface area contributed by atoms with Gasteiger partial charge in [0.1, 0.15) is 16.9 Å². The van der Waals surface area contributed by atoms with Crippen LogP contribution in [-0.2, 0) is 11.3 Å². The molecule has 0 radical (unpaired) electrons. The van der Waals surface area contributed by atoms with E-state index in [-0.39, 0.29) is 12.6 Å². The van der Waals surface area contributed by atoms with E-state index < -0.39 is 0 Å². The van der Waals surface area contributed by atoms with Crippen molar-refractivity contribution in [1.29, 1.82) is 0 Å². The molecule has 0 aliphatic rings. The molecule has 5 rings (SSSR count). The molecule has 0 aliphatic carbocycles. The van der Waals surface area contributed by atoms with Gasteiger partial charge in [-0.05, 0) is 24.6 Å². The van der Waals surface area contributed by atoms with Gasteiger partial charge in [-0.1, -0.05) is 30.3 Å². The second kappa shape index (κ2) is 8.11. The summed E-state index contributed by atoms with van der Waals surface area (Å²) in [4.78, 5) is 29.8. The number of anilines is 1. The van der Waals surface area contributed by atoms with E-state index in [9.17, 15) is 4.79 Å². The highest BCUT2D eigenvalue weighted by molar-refractivity contribution is 7.21. The van der Waals surface area contributed by atoms with Gasteiger partial charge in [-0.3, -0.25) is 0 Å². The molecule has 0 saturated heterocycles. The molecule has 0 bridgehead atoms. The zero-order valence-electron chi connectivity index (χ0n) is 16.4. The Morgan fingerprint density at radius 3 is 2.81 bits per heavy atom. The van der Waals surface area contributed by atoms with Crippen molar-refractivity contribution in [2.45, 2.75) is 13.0 Å². The molecule has 0 saturated carbocycles. The summed E-state index contributed by atoms with van der Waals surface area (Å²) in [5, 5.41) is 0.802. The Labute approximate surface area is 181 Å². The Balaban J connectivity index is 1.27. The average Bonchev–Trinajstić information content (AvgIpc) is 3.41. The van der Waals surface area contributed by atoms with Crippen molar-refractivity contribution < 1.29 is 9.53 Å². The molecule has 9 heteroatoms. The van der Waals surface area contributed by atoms with Crippen LogP contribution in [0.4, 0.5) is 5.82 Å². The van der Waals surface area contributed by atoms with Crippen LogP contribution in [0.1, 0.15) is 16.8 Å². The van der Waals surface area contributed by atoms with Gasteiger partial charge in [0, 0.05) is 12.1 Å². The van der Waals surface area contributed by atoms with Crippen LogP contribution in [0.25, 0.3) is 32.0 Å². The van der Waals surface area contributed by atoms with Crippen LogP contribution >= 0.6 is 11.3 Å². The van der Waals surface area contributed by atoms with Crippen LogP contribution in [0.5, 0.6) is 0 Å². The molecule has 0 aliphatic heterocycles. The van der Waals surface area contributed by atoms with Crippen LogP contribution in [-0.4, -0.2) is 37.1 Å². The lowest BCUT2D eigenvalue weighted by Gasteiger charge is -2.08. The monoisotopic (exact) mass is 430 g/mol. The number of imidazole rings is 1. The van der Waals surface area contributed by atoms with Gasteiger partial charge in [-0.15, -0.1) is 11.3 Å². The van der Waals surface area contributed by atoms with Crippen LogP contribution in [0.15, 0.2) is 61.2 Å². The third kappa shape index (κ3) is 3.71. The van der Waals surface area contributed by atoms with Crippen molar-refractivity contribution in [3.63, 3.8) is 0 Å². The number of rotatable bonds is 6. The van der Waals surface area contributed by atoms with Crippen LogP contribution in [0.2, 0.25) is 0 Å². The summed E-state index contributed by atoms with van der Waals surface area (Å²) < 4.78 is 8.50. The number of aromatic nitrogens is 5. The van der Waals surface area contributed by atoms with Crippen molar-refractivity contribution in [2.24, 2.45) is 0 Å². The standard InChI is InChI=1S/C22H18N6O2S/c23-19-18-20(25-12-24-19)28(13-26-18)10-5-11-30-22(29)15-7-2-1-6-14(15)21-27-16-8-3-4-9-17(16)31-21/h1-4,6-9,12-13H,5,10-11H2,(H2,23,24,25). The van der Waals surface area contributed by atoms with Gasteiger partial charge in [0.15, 0.2) is 11.5 Å². The normalized spacial score (nSPS) is 11.2. The van der Waals surface area contributed by atoms with Gasteiger partial charge in [0.05, 0.1) is 28.7 Å². The van der Waals surface area contributed by atoms with Crippen molar-refractivity contribution in [1.82, 2.24) is 24.5 Å². The van der Waals surface area contributed by atoms with E-state index in [2.05, 4.69) is 19.9 Å². The molecule has 5 aromatic rings. The van der Waals surface area contributed by atoms with Crippen molar-refractivity contribution >= 4 is 44.5 Å². The minimum atomic E-state index is -0.364. The summed E-state index contributed by atoms with van der Waals surface area (Å²) in [5.74, 6) is -0.0152. The lowest BCUT2D eigenvalue weighted by molar-refractivity contribution is 0.0497. The van der Waals surface area contributed by atoms with E-state index in [1.165, 1.54) is 6.33 Å². The number of para-hydroxylation sites is 1. The molecule has 8 nitrogen and oxygen atoms in total. The van der Waals surface area contributed by atoms with E-state index in [0.717, 1.165) is 20.8 Å². The fraction of sp³-hybridized carbons (Fsp3) is 0.136. The van der Waals surface area contributed by atoms with E-state index in [1.54, 1.807) is 23.7 Å². The third-order valence-electron chi connectivity index (χ3n) is 4.88. The predicted octanol–water partition coefficient (Wildman–Crippen LogP) is 3.93. The van der Waals surface area contributed by atoms with Gasteiger partial charge in [0.2, 0.25) is 0 Å². The number of thiazole rings is 1. The smallest absolute Gasteiger partial charge is 0.338 e. The topological polar surface area (TPSA) is 109 Å². The van der Waals surface area contributed by atoms with E-state index >= 15 is 0 Å². The molecule has 2 aromatic carbocycles. The summed E-state index contributed by atoms with van der Waals surface area (Å²) >= 11 is 1.56. The number of fused-ring (bicyclic) bond motifs is 2. The number of hydrogen-bond donors (Lipinski definition) is 1. The summed E-state index contributed by atoms with van der Waals surface area (Å²) in [6, 6.07) is 15.3. The summed E-state index contributed by atoms with van der Waals surface area (Å²) in [6.07, 6.45) is 3.69. The fourth-order valence-electron chi connectivity index (χ4n) is 3.37. The van der Waals surface area contributed by atoms with Crippen molar-refractivity contribution in [3.05, 3.63) is 66.7 Å². The van der Waals surface area contributed by atoms with Crippen LogP contribution in [0, 0.1) is 0 Å².